The van der Waals surface area contributed by atoms with Crippen molar-refractivity contribution in [1.29, 1.82) is 0 Å². The van der Waals surface area contributed by atoms with Gasteiger partial charge < -0.3 is 14.7 Å². The lowest BCUT2D eigenvalue weighted by Gasteiger charge is -2.45. The van der Waals surface area contributed by atoms with Crippen molar-refractivity contribution in [3.63, 3.8) is 0 Å². The Bertz CT molecular complexity index is 1470. The standard InChI is InChI=1S/C33H41ClN2O5S.H2/c1-4-7-22(3)42(39,40)35-32(38)24-11-15-31-29(18-24)36(19-25-10-13-27(25)30(37)8-5-2)20-33(21-41-31)16-6-9-23-17-26(34)12-14-28(23)33;/h4-5,11-12,14-15,17-18,22,25,27,30,37H,1-2,6-10,13,16,19-21H2,3H3,(H,35,38);1H/t22-,25-,27+,30-,33-;/m0./s1. The summed E-state index contributed by atoms with van der Waals surface area (Å²) in [4.78, 5) is 15.5. The minimum atomic E-state index is -3.87. The summed E-state index contributed by atoms with van der Waals surface area (Å²) in [6.07, 6.45) is 8.55. The highest BCUT2D eigenvalue weighted by molar-refractivity contribution is 7.90. The number of anilines is 1. The van der Waals surface area contributed by atoms with Crippen molar-refractivity contribution in [2.24, 2.45) is 11.8 Å². The second kappa shape index (κ2) is 12.4. The van der Waals surface area contributed by atoms with Crippen LogP contribution in [0.15, 0.2) is 61.7 Å². The lowest BCUT2D eigenvalue weighted by molar-refractivity contribution is 0.0178. The second-order valence-electron chi connectivity index (χ2n) is 12.2. The van der Waals surface area contributed by atoms with E-state index in [0.29, 0.717) is 31.9 Å². The van der Waals surface area contributed by atoms with Crippen molar-refractivity contribution in [3.8, 4) is 5.75 Å². The van der Waals surface area contributed by atoms with Gasteiger partial charge in [0.05, 0.1) is 23.6 Å². The number of aliphatic hydroxyl groups is 1. The van der Waals surface area contributed by atoms with E-state index in [-0.39, 0.29) is 30.7 Å². The molecule has 7 nitrogen and oxygen atoms in total. The fourth-order valence-corrected chi connectivity index (χ4v) is 8.02. The molecule has 2 aromatic carbocycles. The van der Waals surface area contributed by atoms with Gasteiger partial charge in [-0.05, 0) is 105 Å². The number of amides is 1. The summed E-state index contributed by atoms with van der Waals surface area (Å²) in [7, 11) is -3.87. The fraction of sp³-hybridized carbons (Fsp3) is 0.485. The van der Waals surface area contributed by atoms with Gasteiger partial charge in [-0.2, -0.15) is 0 Å². The molecule has 2 aromatic rings. The molecule has 5 rings (SSSR count). The third-order valence-electron chi connectivity index (χ3n) is 9.40. The molecule has 228 valence electrons. The molecule has 0 unspecified atom stereocenters. The molecular formula is C33H43ClN2O5S. The van der Waals surface area contributed by atoms with Gasteiger partial charge >= 0.3 is 0 Å². The SMILES string of the molecule is C=CC[C@H](O)[C@@H]1CC[C@H]1CN1C[C@@]2(CCCc3cc(Cl)ccc32)COc2ccc(C(=O)NS(=O)(=O)[C@@H](C)CC=C)cc21.[HH]. The van der Waals surface area contributed by atoms with Gasteiger partial charge in [-0.1, -0.05) is 29.8 Å². The van der Waals surface area contributed by atoms with Gasteiger partial charge in [-0.15, -0.1) is 13.2 Å². The van der Waals surface area contributed by atoms with Gasteiger partial charge in [0, 0.05) is 30.5 Å². The van der Waals surface area contributed by atoms with Gasteiger partial charge in [0.25, 0.3) is 5.91 Å². The molecule has 1 fully saturated rings. The number of aliphatic hydroxyl groups excluding tert-OH is 1. The minimum Gasteiger partial charge on any atom is -0.490 e. The van der Waals surface area contributed by atoms with E-state index < -0.39 is 27.3 Å². The molecule has 1 aliphatic heterocycles. The van der Waals surface area contributed by atoms with Crippen LogP contribution < -0.4 is 14.4 Å². The van der Waals surface area contributed by atoms with Crippen LogP contribution in [0.3, 0.4) is 0 Å². The van der Waals surface area contributed by atoms with Crippen LogP contribution in [0.4, 0.5) is 5.69 Å². The highest BCUT2D eigenvalue weighted by Crippen LogP contribution is 2.46. The predicted molar refractivity (Wildman–Crippen MR) is 170 cm³/mol. The molecular weight excluding hydrogens is 572 g/mol. The number of carbonyl (C=O) groups excluding carboxylic acids is 1. The number of ether oxygens (including phenoxy) is 1. The summed E-state index contributed by atoms with van der Waals surface area (Å²) >= 11 is 6.38. The number of nitrogens with zero attached hydrogens (tertiary/aromatic N) is 1. The molecule has 0 saturated heterocycles. The molecule has 0 aromatic heterocycles. The van der Waals surface area contributed by atoms with Crippen molar-refractivity contribution in [1.82, 2.24) is 4.72 Å². The largest absolute Gasteiger partial charge is 0.490 e. The Morgan fingerprint density at radius 1 is 1.24 bits per heavy atom. The number of benzene rings is 2. The summed E-state index contributed by atoms with van der Waals surface area (Å²) in [5, 5.41) is 10.7. The molecule has 0 bridgehead atoms. The lowest BCUT2D eigenvalue weighted by atomic mass is 9.68. The number of allylic oxidation sites excluding steroid dienone is 1. The number of fused-ring (bicyclic) bond motifs is 3. The monoisotopic (exact) mass is 614 g/mol. The van der Waals surface area contributed by atoms with Gasteiger partial charge in [0.2, 0.25) is 10.0 Å². The highest BCUT2D eigenvalue weighted by atomic mass is 35.5. The van der Waals surface area contributed by atoms with Crippen LogP contribution in [0, 0.1) is 11.8 Å². The number of nitrogens with one attached hydrogen (secondary N) is 1. The maximum absolute atomic E-state index is 13.2. The fourth-order valence-electron chi connectivity index (χ4n) is 6.86. The van der Waals surface area contributed by atoms with E-state index in [9.17, 15) is 18.3 Å². The Morgan fingerprint density at radius 3 is 2.74 bits per heavy atom. The number of hydrogen-bond donors (Lipinski definition) is 2. The maximum Gasteiger partial charge on any atom is 0.264 e. The van der Waals surface area contributed by atoms with E-state index in [1.807, 2.05) is 6.07 Å². The van der Waals surface area contributed by atoms with Crippen LogP contribution in [0.1, 0.15) is 68.4 Å². The second-order valence-corrected chi connectivity index (χ2v) is 14.7. The summed E-state index contributed by atoms with van der Waals surface area (Å²) in [5.41, 5.74) is 3.22. The Kier molecular flexibility index (Phi) is 9.07. The third-order valence-corrected chi connectivity index (χ3v) is 11.4. The smallest absolute Gasteiger partial charge is 0.264 e. The lowest BCUT2D eigenvalue weighted by Crippen LogP contribution is -2.49. The Morgan fingerprint density at radius 2 is 2.02 bits per heavy atom. The zero-order valence-electron chi connectivity index (χ0n) is 24.2. The zero-order valence-corrected chi connectivity index (χ0v) is 25.8. The van der Waals surface area contributed by atoms with Gasteiger partial charge in [0.15, 0.2) is 0 Å². The normalized spacial score (nSPS) is 24.7. The molecule has 5 atom stereocenters. The van der Waals surface area contributed by atoms with Crippen LogP contribution >= 0.6 is 11.6 Å². The molecule has 1 heterocycles. The first-order chi connectivity index (χ1) is 20.1. The number of rotatable bonds is 10. The zero-order chi connectivity index (χ0) is 30.1. The summed E-state index contributed by atoms with van der Waals surface area (Å²) in [6, 6.07) is 11.3. The van der Waals surface area contributed by atoms with Crippen LogP contribution in [0.2, 0.25) is 5.02 Å². The first-order valence-electron chi connectivity index (χ1n) is 14.8. The van der Waals surface area contributed by atoms with Crippen molar-refractivity contribution < 1.29 is 24.5 Å². The summed E-state index contributed by atoms with van der Waals surface area (Å²) in [5.74, 6) is 0.434. The van der Waals surface area contributed by atoms with Gasteiger partial charge in [-0.25, -0.2) is 13.1 Å². The quantitative estimate of drug-likeness (QED) is 0.317. The number of carbonyl (C=O) groups is 1. The molecule has 2 aliphatic carbocycles. The van der Waals surface area contributed by atoms with Crippen LogP contribution in [0.5, 0.6) is 5.75 Å². The van der Waals surface area contributed by atoms with Crippen molar-refractivity contribution in [2.75, 3.05) is 24.6 Å². The number of hydrogen-bond acceptors (Lipinski definition) is 6. The minimum absolute atomic E-state index is 0. The molecule has 9 heteroatoms. The molecule has 3 aliphatic rings. The number of sulfonamides is 1. The number of halogens is 1. The summed E-state index contributed by atoms with van der Waals surface area (Å²) in [6.45, 7) is 10.8. The van der Waals surface area contributed by atoms with Gasteiger partial charge in [0.1, 0.15) is 5.75 Å². The van der Waals surface area contributed by atoms with Crippen LogP contribution in [0.25, 0.3) is 0 Å². The summed E-state index contributed by atoms with van der Waals surface area (Å²) < 4.78 is 34.2. The average Bonchev–Trinajstić information content (AvgIpc) is 3.08. The van der Waals surface area contributed by atoms with Crippen molar-refractivity contribution in [2.45, 2.75) is 68.6 Å². The maximum atomic E-state index is 13.2. The van der Waals surface area contributed by atoms with Crippen molar-refractivity contribution >= 4 is 33.2 Å². The van der Waals surface area contributed by atoms with Crippen LogP contribution in [-0.2, 0) is 21.9 Å². The van der Waals surface area contributed by atoms with E-state index >= 15 is 0 Å². The highest BCUT2D eigenvalue weighted by Gasteiger charge is 2.44. The molecule has 1 saturated carbocycles. The van der Waals surface area contributed by atoms with Crippen LogP contribution in [-0.4, -0.2) is 50.5 Å². The molecule has 42 heavy (non-hydrogen) atoms. The third kappa shape index (κ3) is 6.12. The first-order valence-corrected chi connectivity index (χ1v) is 16.8. The number of aryl methyl sites for hydroxylation is 1. The van der Waals surface area contributed by atoms with E-state index in [1.165, 1.54) is 17.2 Å². The average molecular weight is 615 g/mol. The topological polar surface area (TPSA) is 95.9 Å². The molecule has 2 N–H and O–H groups in total. The van der Waals surface area contributed by atoms with E-state index in [0.717, 1.165) is 42.8 Å². The van der Waals surface area contributed by atoms with E-state index in [2.05, 4.69) is 34.9 Å². The Hall–Kier alpha value is -2.81. The Balaban J connectivity index is 0.00000423. The first kappa shape index (κ1) is 30.6. The molecule has 1 amide bonds. The van der Waals surface area contributed by atoms with E-state index in [1.54, 1.807) is 31.2 Å². The van der Waals surface area contributed by atoms with Crippen molar-refractivity contribution in [3.05, 3.63) is 83.4 Å². The predicted octanol–water partition coefficient (Wildman–Crippen LogP) is 6.05. The Labute approximate surface area is 256 Å². The molecule has 0 radical (unpaired) electrons. The van der Waals surface area contributed by atoms with Gasteiger partial charge in [-0.3, -0.25) is 4.79 Å². The molecule has 1 spiro atoms. The van der Waals surface area contributed by atoms with E-state index in [4.69, 9.17) is 16.3 Å².